The molecule has 0 unspecified atom stereocenters. The summed E-state index contributed by atoms with van der Waals surface area (Å²) in [5, 5.41) is 9.84. The normalized spacial score (nSPS) is 26.1. The first-order chi connectivity index (χ1) is 7.75. The van der Waals surface area contributed by atoms with Crippen LogP contribution in [0.2, 0.25) is 0 Å². The molecule has 1 aromatic carbocycles. The van der Waals surface area contributed by atoms with Gasteiger partial charge in [0.15, 0.2) is 0 Å². The Bertz CT molecular complexity index is 350. The van der Waals surface area contributed by atoms with E-state index in [9.17, 15) is 5.11 Å². The number of rotatable bonds is 2. The van der Waals surface area contributed by atoms with Crippen molar-refractivity contribution >= 4 is 6.08 Å². The third-order valence-corrected chi connectivity index (χ3v) is 3.39. The second-order valence-corrected chi connectivity index (χ2v) is 4.79. The van der Waals surface area contributed by atoms with Crippen LogP contribution < -0.4 is 0 Å². The molecule has 0 spiro atoms. The highest BCUT2D eigenvalue weighted by Gasteiger charge is 2.19. The van der Waals surface area contributed by atoms with Crippen molar-refractivity contribution in [2.75, 3.05) is 0 Å². The van der Waals surface area contributed by atoms with Crippen molar-refractivity contribution in [3.8, 4) is 0 Å². The fourth-order valence-electron chi connectivity index (χ4n) is 2.28. The highest BCUT2D eigenvalue weighted by molar-refractivity contribution is 5.50. The van der Waals surface area contributed by atoms with Crippen LogP contribution in [-0.2, 0) is 0 Å². The van der Waals surface area contributed by atoms with E-state index in [-0.39, 0.29) is 6.10 Å². The highest BCUT2D eigenvalue weighted by Crippen LogP contribution is 2.25. The number of benzene rings is 1. The van der Waals surface area contributed by atoms with Crippen molar-refractivity contribution in [1.82, 2.24) is 0 Å². The van der Waals surface area contributed by atoms with Crippen LogP contribution in [0.5, 0.6) is 0 Å². The fourth-order valence-corrected chi connectivity index (χ4v) is 2.28. The van der Waals surface area contributed by atoms with Gasteiger partial charge in [-0.15, -0.1) is 0 Å². The standard InChI is InChI=1S/C15H20O/c1-12-6-8-13(9-7-12)10-11-14-4-2-3-5-15(14)16/h6-11,14-16H,2-5H2,1H3/b11-10+/t14-,15+/m0/s1. The summed E-state index contributed by atoms with van der Waals surface area (Å²) >= 11 is 0. The maximum atomic E-state index is 9.84. The van der Waals surface area contributed by atoms with Gasteiger partial charge >= 0.3 is 0 Å². The molecule has 1 heteroatoms. The summed E-state index contributed by atoms with van der Waals surface area (Å²) in [4.78, 5) is 0. The summed E-state index contributed by atoms with van der Waals surface area (Å²) in [5.41, 5.74) is 2.51. The number of hydrogen-bond donors (Lipinski definition) is 1. The molecule has 86 valence electrons. The van der Waals surface area contributed by atoms with Gasteiger partial charge in [0, 0.05) is 5.92 Å². The third-order valence-electron chi connectivity index (χ3n) is 3.39. The topological polar surface area (TPSA) is 20.2 Å². The largest absolute Gasteiger partial charge is 0.393 e. The Morgan fingerprint density at radius 1 is 1.12 bits per heavy atom. The Hall–Kier alpha value is -1.08. The monoisotopic (exact) mass is 216 g/mol. The molecule has 1 aliphatic rings. The van der Waals surface area contributed by atoms with E-state index in [4.69, 9.17) is 0 Å². The molecule has 0 saturated heterocycles. The Labute approximate surface area is 97.8 Å². The zero-order valence-corrected chi connectivity index (χ0v) is 9.89. The molecular formula is C15H20O. The van der Waals surface area contributed by atoms with Crippen molar-refractivity contribution < 1.29 is 5.11 Å². The minimum atomic E-state index is -0.129. The van der Waals surface area contributed by atoms with Gasteiger partial charge in [0.1, 0.15) is 0 Å². The van der Waals surface area contributed by atoms with Gasteiger partial charge in [-0.25, -0.2) is 0 Å². The second-order valence-electron chi connectivity index (χ2n) is 4.79. The molecule has 0 aromatic heterocycles. The van der Waals surface area contributed by atoms with Gasteiger partial charge in [-0.2, -0.15) is 0 Å². The molecule has 1 aromatic rings. The van der Waals surface area contributed by atoms with Crippen LogP contribution in [0.1, 0.15) is 36.8 Å². The number of aliphatic hydroxyl groups excluding tert-OH is 1. The molecule has 0 aliphatic heterocycles. The van der Waals surface area contributed by atoms with E-state index in [0.717, 1.165) is 12.8 Å². The summed E-state index contributed by atoms with van der Waals surface area (Å²) in [6, 6.07) is 8.50. The molecule has 16 heavy (non-hydrogen) atoms. The molecule has 1 saturated carbocycles. The van der Waals surface area contributed by atoms with Crippen LogP contribution in [0.25, 0.3) is 6.08 Å². The minimum Gasteiger partial charge on any atom is -0.393 e. The van der Waals surface area contributed by atoms with Gasteiger partial charge in [-0.05, 0) is 25.3 Å². The number of aliphatic hydroxyl groups is 1. The van der Waals surface area contributed by atoms with Crippen molar-refractivity contribution in [3.63, 3.8) is 0 Å². The SMILES string of the molecule is Cc1ccc(/C=C/[C@@H]2CCCC[C@H]2O)cc1. The molecule has 1 nitrogen and oxygen atoms in total. The predicted octanol–water partition coefficient (Wildman–Crippen LogP) is 3.56. The van der Waals surface area contributed by atoms with Crippen LogP contribution in [0, 0.1) is 12.8 Å². The lowest BCUT2D eigenvalue weighted by Gasteiger charge is -2.24. The lowest BCUT2D eigenvalue weighted by atomic mass is 9.86. The first-order valence-corrected chi connectivity index (χ1v) is 6.18. The molecule has 1 aliphatic carbocycles. The van der Waals surface area contributed by atoms with E-state index >= 15 is 0 Å². The van der Waals surface area contributed by atoms with Crippen molar-refractivity contribution in [3.05, 3.63) is 41.5 Å². The van der Waals surface area contributed by atoms with Crippen LogP contribution in [0.3, 0.4) is 0 Å². The molecule has 1 N–H and O–H groups in total. The van der Waals surface area contributed by atoms with Crippen LogP contribution in [-0.4, -0.2) is 11.2 Å². The van der Waals surface area contributed by atoms with Crippen LogP contribution in [0.4, 0.5) is 0 Å². The van der Waals surface area contributed by atoms with E-state index in [0.29, 0.717) is 5.92 Å². The summed E-state index contributed by atoms with van der Waals surface area (Å²) in [7, 11) is 0. The number of aryl methyl sites for hydroxylation is 1. The van der Waals surface area contributed by atoms with E-state index in [2.05, 4.69) is 43.3 Å². The van der Waals surface area contributed by atoms with Crippen molar-refractivity contribution in [2.45, 2.75) is 38.7 Å². The molecule has 0 radical (unpaired) electrons. The van der Waals surface area contributed by atoms with Crippen LogP contribution in [0.15, 0.2) is 30.3 Å². The summed E-state index contributed by atoms with van der Waals surface area (Å²) in [6.45, 7) is 2.10. The van der Waals surface area contributed by atoms with Gasteiger partial charge in [0.2, 0.25) is 0 Å². The van der Waals surface area contributed by atoms with Gasteiger partial charge in [-0.3, -0.25) is 0 Å². The Morgan fingerprint density at radius 2 is 1.81 bits per heavy atom. The molecule has 2 atom stereocenters. The zero-order chi connectivity index (χ0) is 11.4. The maximum Gasteiger partial charge on any atom is 0.0602 e. The van der Waals surface area contributed by atoms with Crippen molar-refractivity contribution in [1.29, 1.82) is 0 Å². The van der Waals surface area contributed by atoms with Gasteiger partial charge < -0.3 is 5.11 Å². The maximum absolute atomic E-state index is 9.84. The van der Waals surface area contributed by atoms with Gasteiger partial charge in [0.05, 0.1) is 6.10 Å². The minimum absolute atomic E-state index is 0.129. The zero-order valence-electron chi connectivity index (χ0n) is 9.89. The molecule has 0 amide bonds. The fraction of sp³-hybridized carbons (Fsp3) is 0.467. The molecule has 1 fully saturated rings. The average Bonchev–Trinajstić information content (AvgIpc) is 2.30. The van der Waals surface area contributed by atoms with E-state index < -0.39 is 0 Å². The van der Waals surface area contributed by atoms with E-state index in [1.807, 2.05) is 0 Å². The quantitative estimate of drug-likeness (QED) is 0.801. The van der Waals surface area contributed by atoms with E-state index in [1.165, 1.54) is 24.0 Å². The lowest BCUT2D eigenvalue weighted by molar-refractivity contribution is 0.0931. The summed E-state index contributed by atoms with van der Waals surface area (Å²) in [6.07, 6.45) is 8.70. The number of hydrogen-bond acceptors (Lipinski definition) is 1. The molecular weight excluding hydrogens is 196 g/mol. The highest BCUT2D eigenvalue weighted by atomic mass is 16.3. The first-order valence-electron chi connectivity index (χ1n) is 6.18. The third kappa shape index (κ3) is 2.96. The Kier molecular flexibility index (Phi) is 3.79. The van der Waals surface area contributed by atoms with Crippen molar-refractivity contribution in [2.24, 2.45) is 5.92 Å². The smallest absolute Gasteiger partial charge is 0.0602 e. The Balaban J connectivity index is 2.00. The van der Waals surface area contributed by atoms with Gasteiger partial charge in [0.25, 0.3) is 0 Å². The molecule has 0 bridgehead atoms. The first kappa shape index (κ1) is 11.4. The van der Waals surface area contributed by atoms with Crippen LogP contribution >= 0.6 is 0 Å². The summed E-state index contributed by atoms with van der Waals surface area (Å²) in [5.74, 6) is 0.357. The van der Waals surface area contributed by atoms with E-state index in [1.54, 1.807) is 0 Å². The Morgan fingerprint density at radius 3 is 2.50 bits per heavy atom. The molecule has 0 heterocycles. The molecule has 2 rings (SSSR count). The average molecular weight is 216 g/mol. The second kappa shape index (κ2) is 5.31. The summed E-state index contributed by atoms with van der Waals surface area (Å²) < 4.78 is 0. The van der Waals surface area contributed by atoms with Gasteiger partial charge in [-0.1, -0.05) is 54.8 Å². The predicted molar refractivity (Wildman–Crippen MR) is 68.2 cm³/mol. The lowest BCUT2D eigenvalue weighted by Crippen LogP contribution is -2.22.